The summed E-state index contributed by atoms with van der Waals surface area (Å²) < 4.78 is 6.16. The third-order valence-corrected chi connectivity index (χ3v) is 10.0. The topological polar surface area (TPSA) is 16.4 Å². The highest BCUT2D eigenvalue weighted by Crippen LogP contribution is 2.43. The molecule has 0 saturated heterocycles. The fourth-order valence-corrected chi connectivity index (χ4v) is 7.54. The maximum atomic E-state index is 6.16. The lowest BCUT2D eigenvalue weighted by Crippen LogP contribution is -2.11. The van der Waals surface area contributed by atoms with Gasteiger partial charge in [-0.2, -0.15) is 0 Å². The molecule has 50 heavy (non-hydrogen) atoms. The van der Waals surface area contributed by atoms with Gasteiger partial charge in [-0.25, -0.2) is 0 Å². The molecule has 2 nitrogen and oxygen atoms in total. The van der Waals surface area contributed by atoms with E-state index in [4.69, 9.17) is 4.42 Å². The Labute approximate surface area is 290 Å². The summed E-state index contributed by atoms with van der Waals surface area (Å²) in [5.74, 6) is 0. The molecule has 0 saturated carbocycles. The number of para-hydroxylation sites is 2. The molecule has 0 aliphatic rings. The molecule has 0 radical (unpaired) electrons. The number of furan rings is 1. The third-order valence-electron chi connectivity index (χ3n) is 10.0. The molecule has 0 spiro atoms. The molecule has 9 aromatic carbocycles. The second-order valence-corrected chi connectivity index (χ2v) is 13.0. The van der Waals surface area contributed by atoms with Crippen LogP contribution in [0.25, 0.3) is 76.5 Å². The van der Waals surface area contributed by atoms with Crippen molar-refractivity contribution in [2.45, 2.75) is 0 Å². The molecule has 0 N–H and O–H groups in total. The Balaban J connectivity index is 1.11. The van der Waals surface area contributed by atoms with E-state index < -0.39 is 0 Å². The van der Waals surface area contributed by atoms with Crippen molar-refractivity contribution in [2.24, 2.45) is 0 Å². The molecule has 10 aromatic rings. The van der Waals surface area contributed by atoms with Gasteiger partial charge >= 0.3 is 0 Å². The first kappa shape index (κ1) is 28.4. The molecule has 234 valence electrons. The Bertz CT molecular complexity index is 2870. The minimum Gasteiger partial charge on any atom is -0.456 e. The summed E-state index contributed by atoms with van der Waals surface area (Å²) in [6.45, 7) is 0. The average molecular weight is 638 g/mol. The van der Waals surface area contributed by atoms with Crippen molar-refractivity contribution in [2.75, 3.05) is 4.90 Å². The first-order valence-electron chi connectivity index (χ1n) is 17.1. The number of anilines is 3. The van der Waals surface area contributed by atoms with Crippen molar-refractivity contribution in [3.8, 4) is 22.3 Å². The summed E-state index contributed by atoms with van der Waals surface area (Å²) in [6.07, 6.45) is 0. The van der Waals surface area contributed by atoms with E-state index in [2.05, 4.69) is 181 Å². The summed E-state index contributed by atoms with van der Waals surface area (Å²) in [6, 6.07) is 67.7. The zero-order chi connectivity index (χ0) is 33.0. The zero-order valence-corrected chi connectivity index (χ0v) is 27.3. The first-order chi connectivity index (χ1) is 24.8. The smallest absolute Gasteiger partial charge is 0.136 e. The maximum absolute atomic E-state index is 6.16. The lowest BCUT2D eigenvalue weighted by molar-refractivity contribution is 0.669. The van der Waals surface area contributed by atoms with Gasteiger partial charge in [-0.15, -0.1) is 0 Å². The Hall–Kier alpha value is -6.64. The van der Waals surface area contributed by atoms with Gasteiger partial charge in [0, 0.05) is 27.7 Å². The van der Waals surface area contributed by atoms with Crippen LogP contribution in [0.1, 0.15) is 0 Å². The number of fused-ring (bicyclic) bond motifs is 7. The highest BCUT2D eigenvalue weighted by molar-refractivity contribution is 6.11. The van der Waals surface area contributed by atoms with E-state index >= 15 is 0 Å². The first-order valence-corrected chi connectivity index (χ1v) is 17.1. The van der Waals surface area contributed by atoms with Crippen LogP contribution < -0.4 is 4.90 Å². The van der Waals surface area contributed by atoms with Crippen LogP contribution in [0, 0.1) is 0 Å². The Morgan fingerprint density at radius 2 is 0.980 bits per heavy atom. The minimum absolute atomic E-state index is 0.923. The molecule has 0 aliphatic carbocycles. The minimum atomic E-state index is 0.923. The van der Waals surface area contributed by atoms with Crippen molar-refractivity contribution >= 4 is 71.3 Å². The zero-order valence-electron chi connectivity index (χ0n) is 27.3. The molecule has 0 amide bonds. The lowest BCUT2D eigenvalue weighted by Gasteiger charge is -2.28. The van der Waals surface area contributed by atoms with Gasteiger partial charge in [0.2, 0.25) is 0 Å². The van der Waals surface area contributed by atoms with Gasteiger partial charge in [-0.3, -0.25) is 0 Å². The Kier molecular flexibility index (Phi) is 6.53. The van der Waals surface area contributed by atoms with Crippen molar-refractivity contribution in [1.29, 1.82) is 0 Å². The van der Waals surface area contributed by atoms with Crippen LogP contribution in [0.5, 0.6) is 0 Å². The largest absolute Gasteiger partial charge is 0.456 e. The van der Waals surface area contributed by atoms with Crippen molar-refractivity contribution < 1.29 is 4.42 Å². The number of nitrogens with zero attached hydrogens (tertiary/aromatic N) is 1. The summed E-state index contributed by atoms with van der Waals surface area (Å²) in [7, 11) is 0. The van der Waals surface area contributed by atoms with Crippen LogP contribution in [0.3, 0.4) is 0 Å². The molecule has 0 aliphatic heterocycles. The second-order valence-electron chi connectivity index (χ2n) is 13.0. The molecular formula is C48H31NO. The van der Waals surface area contributed by atoms with Crippen molar-refractivity contribution in [1.82, 2.24) is 0 Å². The molecule has 1 aromatic heterocycles. The van der Waals surface area contributed by atoms with Gasteiger partial charge in [-0.05, 0) is 104 Å². The van der Waals surface area contributed by atoms with E-state index in [0.717, 1.165) is 39.0 Å². The van der Waals surface area contributed by atoms with Crippen LogP contribution in [0.2, 0.25) is 0 Å². The number of hydrogen-bond donors (Lipinski definition) is 0. The summed E-state index contributed by atoms with van der Waals surface area (Å²) >= 11 is 0. The Morgan fingerprint density at radius 3 is 1.86 bits per heavy atom. The van der Waals surface area contributed by atoms with Crippen molar-refractivity contribution in [3.63, 3.8) is 0 Å². The summed E-state index contributed by atoms with van der Waals surface area (Å²) in [5.41, 5.74) is 9.93. The fraction of sp³-hybridized carbons (Fsp3) is 0. The fourth-order valence-electron chi connectivity index (χ4n) is 7.54. The predicted molar refractivity (Wildman–Crippen MR) is 212 cm³/mol. The number of rotatable bonds is 5. The van der Waals surface area contributed by atoms with E-state index in [0.29, 0.717) is 0 Å². The average Bonchev–Trinajstić information content (AvgIpc) is 3.55. The van der Waals surface area contributed by atoms with Crippen LogP contribution in [0.15, 0.2) is 192 Å². The molecule has 0 bridgehead atoms. The van der Waals surface area contributed by atoms with Gasteiger partial charge in [0.15, 0.2) is 0 Å². The standard InChI is InChI=1S/C48H31NO/c1-2-10-33(11-3-1)42-14-6-8-16-46(42)49(40-27-24-35-19-18-34-12-4-5-13-41(34)44(35)31-40)39-25-22-32(23-26-39)36-20-21-37-30-48-45(29-38(37)28-36)43-15-7-9-17-47(43)50-48/h1-31H. The highest BCUT2D eigenvalue weighted by atomic mass is 16.3. The van der Waals surface area contributed by atoms with Crippen molar-refractivity contribution in [3.05, 3.63) is 188 Å². The quantitative estimate of drug-likeness (QED) is 0.175. The van der Waals surface area contributed by atoms with Gasteiger partial charge in [0.05, 0.1) is 5.69 Å². The van der Waals surface area contributed by atoms with Gasteiger partial charge < -0.3 is 9.32 Å². The number of benzene rings is 9. The predicted octanol–water partition coefficient (Wildman–Crippen LogP) is 13.8. The lowest BCUT2D eigenvalue weighted by atomic mass is 9.98. The van der Waals surface area contributed by atoms with E-state index in [9.17, 15) is 0 Å². The maximum Gasteiger partial charge on any atom is 0.136 e. The molecule has 0 atom stereocenters. The van der Waals surface area contributed by atoms with Crippen LogP contribution >= 0.6 is 0 Å². The van der Waals surface area contributed by atoms with Gasteiger partial charge in [-0.1, -0.05) is 133 Å². The monoisotopic (exact) mass is 637 g/mol. The van der Waals surface area contributed by atoms with Crippen LogP contribution in [-0.2, 0) is 0 Å². The van der Waals surface area contributed by atoms with Crippen LogP contribution in [0.4, 0.5) is 17.1 Å². The van der Waals surface area contributed by atoms with Gasteiger partial charge in [0.1, 0.15) is 11.2 Å². The molecule has 0 fully saturated rings. The number of hydrogen-bond acceptors (Lipinski definition) is 2. The molecule has 0 unspecified atom stereocenters. The Morgan fingerprint density at radius 1 is 0.320 bits per heavy atom. The summed E-state index contributed by atoms with van der Waals surface area (Å²) in [5, 5.41) is 9.65. The molecule has 10 rings (SSSR count). The summed E-state index contributed by atoms with van der Waals surface area (Å²) in [4.78, 5) is 2.40. The molecular weight excluding hydrogens is 607 g/mol. The third kappa shape index (κ3) is 4.73. The van der Waals surface area contributed by atoms with Crippen LogP contribution in [-0.4, -0.2) is 0 Å². The van der Waals surface area contributed by atoms with E-state index in [1.54, 1.807) is 0 Å². The second kappa shape index (κ2) is 11.5. The van der Waals surface area contributed by atoms with E-state index in [1.165, 1.54) is 54.6 Å². The van der Waals surface area contributed by atoms with E-state index in [-0.39, 0.29) is 0 Å². The SMILES string of the molecule is c1ccc(-c2ccccc2N(c2ccc(-c3ccc4cc5oc6ccccc6c5cc4c3)cc2)c2ccc3ccc4ccccc4c3c2)cc1. The normalized spacial score (nSPS) is 11.6. The highest BCUT2D eigenvalue weighted by Gasteiger charge is 2.18. The van der Waals surface area contributed by atoms with E-state index in [1.807, 2.05) is 12.1 Å². The molecule has 2 heteroatoms. The van der Waals surface area contributed by atoms with Gasteiger partial charge in [0.25, 0.3) is 0 Å². The molecule has 1 heterocycles.